The number of anilines is 1. The first-order valence-corrected chi connectivity index (χ1v) is 9.64. The monoisotopic (exact) mass is 362 g/mol. The van der Waals surface area contributed by atoms with Crippen molar-refractivity contribution in [3.63, 3.8) is 0 Å². The van der Waals surface area contributed by atoms with Crippen LogP contribution in [0.3, 0.4) is 0 Å². The predicted molar refractivity (Wildman–Crippen MR) is 98.9 cm³/mol. The smallest absolute Gasteiger partial charge is 0.248 e. The van der Waals surface area contributed by atoms with Crippen molar-refractivity contribution < 1.29 is 14.1 Å². The van der Waals surface area contributed by atoms with E-state index in [0.717, 1.165) is 44.5 Å². The molecule has 3 heterocycles. The fourth-order valence-electron chi connectivity index (χ4n) is 3.62. The zero-order valence-corrected chi connectivity index (χ0v) is 16.1. The molecular formula is C19H30N4O3. The van der Waals surface area contributed by atoms with Crippen LogP contribution in [0.25, 0.3) is 0 Å². The SMILES string of the molecule is CC(C)(C)c1cc(NC(=O)[C@@H]2CCCCN2C(=O)CN2CCCC2)no1. The van der Waals surface area contributed by atoms with Crippen LogP contribution in [0.15, 0.2) is 10.6 Å². The lowest BCUT2D eigenvalue weighted by atomic mass is 9.93. The molecule has 1 aromatic rings. The first kappa shape index (κ1) is 18.9. The number of aromatic nitrogens is 1. The summed E-state index contributed by atoms with van der Waals surface area (Å²) in [5.74, 6) is 1.02. The van der Waals surface area contributed by atoms with Crippen LogP contribution in [-0.2, 0) is 15.0 Å². The minimum atomic E-state index is -0.423. The third-order valence-electron chi connectivity index (χ3n) is 5.18. The van der Waals surface area contributed by atoms with Gasteiger partial charge in [-0.15, -0.1) is 0 Å². The fraction of sp³-hybridized carbons (Fsp3) is 0.737. The zero-order chi connectivity index (χ0) is 18.7. The van der Waals surface area contributed by atoms with Gasteiger partial charge in [-0.2, -0.15) is 0 Å². The van der Waals surface area contributed by atoms with E-state index in [1.807, 2.05) is 20.8 Å². The number of likely N-dealkylation sites (tertiary alicyclic amines) is 2. The van der Waals surface area contributed by atoms with Gasteiger partial charge in [0.05, 0.1) is 6.54 Å². The molecule has 2 aliphatic heterocycles. The molecule has 1 atom stereocenters. The topological polar surface area (TPSA) is 78.7 Å². The maximum Gasteiger partial charge on any atom is 0.248 e. The lowest BCUT2D eigenvalue weighted by molar-refractivity contribution is -0.141. The zero-order valence-electron chi connectivity index (χ0n) is 16.1. The second kappa shape index (κ2) is 7.78. The Morgan fingerprint density at radius 2 is 1.88 bits per heavy atom. The maximum absolute atomic E-state index is 12.8. The van der Waals surface area contributed by atoms with Gasteiger partial charge in [0.25, 0.3) is 0 Å². The van der Waals surface area contributed by atoms with E-state index in [-0.39, 0.29) is 17.2 Å². The van der Waals surface area contributed by atoms with Gasteiger partial charge in [0.1, 0.15) is 11.8 Å². The highest BCUT2D eigenvalue weighted by atomic mass is 16.5. The van der Waals surface area contributed by atoms with Crippen molar-refractivity contribution in [2.75, 3.05) is 31.5 Å². The molecule has 26 heavy (non-hydrogen) atoms. The lowest BCUT2D eigenvalue weighted by Gasteiger charge is -2.35. The molecule has 0 unspecified atom stereocenters. The van der Waals surface area contributed by atoms with Crippen molar-refractivity contribution in [2.45, 2.75) is 64.3 Å². The predicted octanol–water partition coefficient (Wildman–Crippen LogP) is 2.39. The summed E-state index contributed by atoms with van der Waals surface area (Å²) in [6.45, 7) is 9.10. The maximum atomic E-state index is 12.8. The van der Waals surface area contributed by atoms with Crippen LogP contribution >= 0.6 is 0 Å². The molecule has 0 aliphatic carbocycles. The molecule has 0 aromatic carbocycles. The molecule has 0 saturated carbocycles. The van der Waals surface area contributed by atoms with E-state index in [0.29, 0.717) is 25.3 Å². The molecule has 2 fully saturated rings. The van der Waals surface area contributed by atoms with Crippen molar-refractivity contribution in [1.82, 2.24) is 15.0 Å². The van der Waals surface area contributed by atoms with Crippen LogP contribution in [0.2, 0.25) is 0 Å². The lowest BCUT2D eigenvalue weighted by Crippen LogP contribution is -2.52. The van der Waals surface area contributed by atoms with E-state index in [2.05, 4.69) is 15.4 Å². The summed E-state index contributed by atoms with van der Waals surface area (Å²) < 4.78 is 5.33. The Morgan fingerprint density at radius 1 is 1.19 bits per heavy atom. The van der Waals surface area contributed by atoms with Crippen LogP contribution in [0.4, 0.5) is 5.82 Å². The third-order valence-corrected chi connectivity index (χ3v) is 5.18. The van der Waals surface area contributed by atoms with E-state index in [9.17, 15) is 9.59 Å². The Kier molecular flexibility index (Phi) is 5.65. The summed E-state index contributed by atoms with van der Waals surface area (Å²) in [5.41, 5.74) is -0.168. The number of carbonyl (C=O) groups excluding carboxylic acids is 2. The summed E-state index contributed by atoms with van der Waals surface area (Å²) in [5, 5.41) is 6.78. The molecule has 144 valence electrons. The number of carbonyl (C=O) groups is 2. The van der Waals surface area contributed by atoms with Gasteiger partial charge in [-0.3, -0.25) is 14.5 Å². The number of nitrogens with one attached hydrogen (secondary N) is 1. The van der Waals surface area contributed by atoms with Crippen molar-refractivity contribution in [3.05, 3.63) is 11.8 Å². The normalized spacial score (nSPS) is 21.8. The molecule has 3 rings (SSSR count). The Hall–Kier alpha value is -1.89. The highest BCUT2D eigenvalue weighted by Crippen LogP contribution is 2.25. The Bertz CT molecular complexity index is 643. The van der Waals surface area contributed by atoms with Crippen molar-refractivity contribution in [3.8, 4) is 0 Å². The van der Waals surface area contributed by atoms with Crippen LogP contribution < -0.4 is 5.32 Å². The summed E-state index contributed by atoms with van der Waals surface area (Å²) in [7, 11) is 0. The van der Waals surface area contributed by atoms with Crippen molar-refractivity contribution in [1.29, 1.82) is 0 Å². The molecule has 0 bridgehead atoms. The summed E-state index contributed by atoms with van der Waals surface area (Å²) in [4.78, 5) is 29.4. The number of rotatable bonds is 4. The van der Waals surface area contributed by atoms with Gasteiger partial charge in [-0.05, 0) is 45.2 Å². The average molecular weight is 362 g/mol. The molecule has 1 N–H and O–H groups in total. The van der Waals surface area contributed by atoms with Crippen LogP contribution in [0, 0.1) is 0 Å². The minimum absolute atomic E-state index is 0.0577. The number of hydrogen-bond acceptors (Lipinski definition) is 5. The quantitative estimate of drug-likeness (QED) is 0.890. The van der Waals surface area contributed by atoms with Gasteiger partial charge >= 0.3 is 0 Å². The molecule has 2 saturated heterocycles. The van der Waals surface area contributed by atoms with E-state index in [1.165, 1.54) is 0 Å². The molecule has 0 spiro atoms. The highest BCUT2D eigenvalue weighted by molar-refractivity contribution is 5.96. The molecular weight excluding hydrogens is 332 g/mol. The van der Waals surface area contributed by atoms with Gasteiger partial charge in [0.15, 0.2) is 5.82 Å². The van der Waals surface area contributed by atoms with Gasteiger partial charge in [0.2, 0.25) is 11.8 Å². The van der Waals surface area contributed by atoms with E-state index in [1.54, 1.807) is 11.0 Å². The van der Waals surface area contributed by atoms with Crippen LogP contribution in [-0.4, -0.2) is 59.0 Å². The minimum Gasteiger partial charge on any atom is -0.359 e. The molecule has 7 nitrogen and oxygen atoms in total. The van der Waals surface area contributed by atoms with Gasteiger partial charge in [-0.25, -0.2) is 0 Å². The first-order valence-electron chi connectivity index (χ1n) is 9.64. The fourth-order valence-corrected chi connectivity index (χ4v) is 3.62. The van der Waals surface area contributed by atoms with Crippen LogP contribution in [0.1, 0.15) is 58.6 Å². The number of nitrogens with zero attached hydrogens (tertiary/aromatic N) is 3. The largest absolute Gasteiger partial charge is 0.359 e. The molecule has 1 aromatic heterocycles. The number of amides is 2. The Labute approximate surface area is 155 Å². The standard InChI is InChI=1S/C19H30N4O3/c1-19(2,3)15-12-16(21-26-15)20-18(25)14-8-4-5-11-23(14)17(24)13-22-9-6-7-10-22/h12,14H,4-11,13H2,1-3H3,(H,20,21,25)/t14-/m0/s1. The van der Waals surface area contributed by atoms with E-state index >= 15 is 0 Å². The Balaban J connectivity index is 1.63. The Morgan fingerprint density at radius 3 is 2.54 bits per heavy atom. The van der Waals surface area contributed by atoms with E-state index in [4.69, 9.17) is 4.52 Å². The molecule has 2 aliphatic rings. The first-order chi connectivity index (χ1) is 12.3. The van der Waals surface area contributed by atoms with Gasteiger partial charge in [-0.1, -0.05) is 25.9 Å². The molecule has 2 amide bonds. The number of piperidine rings is 1. The third kappa shape index (κ3) is 4.44. The summed E-state index contributed by atoms with van der Waals surface area (Å²) in [6, 6.07) is 1.34. The summed E-state index contributed by atoms with van der Waals surface area (Å²) >= 11 is 0. The van der Waals surface area contributed by atoms with Gasteiger partial charge in [0, 0.05) is 18.0 Å². The average Bonchev–Trinajstić information content (AvgIpc) is 3.26. The highest BCUT2D eigenvalue weighted by Gasteiger charge is 2.33. The van der Waals surface area contributed by atoms with Crippen molar-refractivity contribution in [2.24, 2.45) is 0 Å². The van der Waals surface area contributed by atoms with Crippen molar-refractivity contribution >= 4 is 17.6 Å². The van der Waals surface area contributed by atoms with E-state index < -0.39 is 6.04 Å². The van der Waals surface area contributed by atoms with Gasteiger partial charge < -0.3 is 14.7 Å². The molecule has 7 heteroatoms. The molecule has 0 radical (unpaired) electrons. The number of hydrogen-bond donors (Lipinski definition) is 1. The van der Waals surface area contributed by atoms with Crippen LogP contribution in [0.5, 0.6) is 0 Å². The second-order valence-corrected chi connectivity index (χ2v) is 8.40. The summed E-state index contributed by atoms with van der Waals surface area (Å²) in [6.07, 6.45) is 4.91. The second-order valence-electron chi connectivity index (χ2n) is 8.40.